The number of aryl methyl sites for hydroxylation is 1. The summed E-state index contributed by atoms with van der Waals surface area (Å²) >= 11 is 0. The van der Waals surface area contributed by atoms with Crippen LogP contribution in [0, 0.1) is 18.6 Å². The zero-order valence-electron chi connectivity index (χ0n) is 17.6. The van der Waals surface area contributed by atoms with Gasteiger partial charge in [0.2, 0.25) is 0 Å². The van der Waals surface area contributed by atoms with E-state index in [9.17, 15) is 13.9 Å². The molecule has 0 unspecified atom stereocenters. The van der Waals surface area contributed by atoms with Crippen LogP contribution in [0.4, 0.5) is 8.78 Å². The maximum absolute atomic E-state index is 14.6. The quantitative estimate of drug-likeness (QED) is 0.453. The number of ether oxygens (including phenoxy) is 1. The Morgan fingerprint density at radius 1 is 1.16 bits per heavy atom. The van der Waals surface area contributed by atoms with Crippen molar-refractivity contribution < 1.29 is 18.6 Å². The number of nitrogens with zero attached hydrogens (tertiary/aromatic N) is 6. The van der Waals surface area contributed by atoms with Gasteiger partial charge in [-0.3, -0.25) is 0 Å². The van der Waals surface area contributed by atoms with Crippen LogP contribution < -0.4 is 0 Å². The van der Waals surface area contributed by atoms with Crippen LogP contribution in [0.3, 0.4) is 0 Å². The standard InChI is InChI=1S/C22H22F2N6O2/c1-15-3-6-19(7-4-15)30-10-18(27-28-30)11-32-16(2)22(31,12-29-14-25-13-26-29)20-8-5-17(23)9-21(20)24/h3-10,13-14,16,31H,11-12H2,1-2H3/t16-,22-/m1/s1. The molecule has 4 aromatic rings. The molecule has 8 nitrogen and oxygen atoms in total. The highest BCUT2D eigenvalue weighted by Gasteiger charge is 2.40. The molecule has 0 aliphatic heterocycles. The summed E-state index contributed by atoms with van der Waals surface area (Å²) in [6.45, 7) is 3.47. The summed E-state index contributed by atoms with van der Waals surface area (Å²) in [5.74, 6) is -1.62. The summed E-state index contributed by atoms with van der Waals surface area (Å²) in [5, 5.41) is 23.7. The molecular formula is C22H22F2N6O2. The summed E-state index contributed by atoms with van der Waals surface area (Å²) in [6, 6.07) is 10.8. The Hall–Kier alpha value is -3.50. The van der Waals surface area contributed by atoms with E-state index >= 15 is 0 Å². The van der Waals surface area contributed by atoms with Crippen LogP contribution in [0.5, 0.6) is 0 Å². The third-order valence-electron chi connectivity index (χ3n) is 5.26. The molecule has 32 heavy (non-hydrogen) atoms. The predicted octanol–water partition coefficient (Wildman–Crippen LogP) is 2.94. The molecule has 10 heteroatoms. The maximum Gasteiger partial charge on any atom is 0.138 e. The first-order chi connectivity index (χ1) is 15.3. The molecule has 0 fully saturated rings. The first-order valence-corrected chi connectivity index (χ1v) is 9.95. The first-order valence-electron chi connectivity index (χ1n) is 9.95. The lowest BCUT2D eigenvalue weighted by Crippen LogP contribution is -2.44. The van der Waals surface area contributed by atoms with Crippen LogP contribution in [0.1, 0.15) is 23.7 Å². The van der Waals surface area contributed by atoms with Gasteiger partial charge in [-0.15, -0.1) is 5.10 Å². The second-order valence-electron chi connectivity index (χ2n) is 7.58. The molecule has 0 saturated carbocycles. The van der Waals surface area contributed by atoms with Gasteiger partial charge in [0.15, 0.2) is 0 Å². The molecule has 2 atom stereocenters. The van der Waals surface area contributed by atoms with Crippen LogP contribution in [-0.2, 0) is 23.5 Å². The van der Waals surface area contributed by atoms with Crippen molar-refractivity contribution in [2.24, 2.45) is 0 Å². The van der Waals surface area contributed by atoms with Gasteiger partial charge in [-0.05, 0) is 32.0 Å². The van der Waals surface area contributed by atoms with Gasteiger partial charge in [0, 0.05) is 11.6 Å². The Balaban J connectivity index is 1.54. The zero-order chi connectivity index (χ0) is 22.7. The summed E-state index contributed by atoms with van der Waals surface area (Å²) < 4.78 is 36.9. The third kappa shape index (κ3) is 4.56. The van der Waals surface area contributed by atoms with Gasteiger partial charge in [-0.2, -0.15) is 5.10 Å². The highest BCUT2D eigenvalue weighted by molar-refractivity contribution is 5.33. The molecule has 0 radical (unpaired) electrons. The fourth-order valence-electron chi connectivity index (χ4n) is 3.37. The minimum atomic E-state index is -1.85. The lowest BCUT2D eigenvalue weighted by Gasteiger charge is -2.34. The lowest BCUT2D eigenvalue weighted by atomic mass is 9.88. The molecule has 0 bridgehead atoms. The van der Waals surface area contributed by atoms with E-state index in [0.29, 0.717) is 5.69 Å². The second-order valence-corrected chi connectivity index (χ2v) is 7.58. The Kier molecular flexibility index (Phi) is 6.06. The summed E-state index contributed by atoms with van der Waals surface area (Å²) in [6.07, 6.45) is 3.51. The molecule has 2 heterocycles. The van der Waals surface area contributed by atoms with Gasteiger partial charge in [-0.1, -0.05) is 29.0 Å². The number of hydrogen-bond acceptors (Lipinski definition) is 6. The Morgan fingerprint density at radius 2 is 1.94 bits per heavy atom. The second kappa shape index (κ2) is 8.93. The molecular weight excluding hydrogens is 418 g/mol. The number of halogens is 2. The van der Waals surface area contributed by atoms with Crippen LogP contribution in [-0.4, -0.2) is 41.0 Å². The van der Waals surface area contributed by atoms with Gasteiger partial charge in [0.1, 0.15) is 35.6 Å². The molecule has 2 aromatic carbocycles. The fourth-order valence-corrected chi connectivity index (χ4v) is 3.37. The van der Waals surface area contributed by atoms with Crippen molar-refractivity contribution in [3.05, 3.63) is 89.8 Å². The highest BCUT2D eigenvalue weighted by atomic mass is 19.1. The van der Waals surface area contributed by atoms with Crippen LogP contribution >= 0.6 is 0 Å². The van der Waals surface area contributed by atoms with E-state index in [2.05, 4.69) is 20.4 Å². The van der Waals surface area contributed by atoms with E-state index in [1.165, 1.54) is 23.4 Å². The summed E-state index contributed by atoms with van der Waals surface area (Å²) in [5.41, 5.74) is 0.549. The fraction of sp³-hybridized carbons (Fsp3) is 0.273. The van der Waals surface area contributed by atoms with Gasteiger partial charge in [-0.25, -0.2) is 23.1 Å². The maximum atomic E-state index is 14.6. The molecule has 2 aromatic heterocycles. The number of rotatable bonds is 8. The number of aromatic nitrogens is 6. The summed E-state index contributed by atoms with van der Waals surface area (Å²) in [4.78, 5) is 3.85. The van der Waals surface area contributed by atoms with Crippen molar-refractivity contribution in [1.29, 1.82) is 0 Å². The monoisotopic (exact) mass is 440 g/mol. The SMILES string of the molecule is Cc1ccc(-n2cc(CO[C@H](C)[C@](O)(Cn3cncn3)c3ccc(F)cc3F)nn2)cc1. The van der Waals surface area contributed by atoms with Crippen molar-refractivity contribution in [2.75, 3.05) is 0 Å². The Bertz CT molecular complexity index is 1180. The summed E-state index contributed by atoms with van der Waals surface area (Å²) in [7, 11) is 0. The molecule has 0 aliphatic carbocycles. The molecule has 0 amide bonds. The van der Waals surface area contributed by atoms with Crippen LogP contribution in [0.25, 0.3) is 5.69 Å². The van der Waals surface area contributed by atoms with E-state index in [4.69, 9.17) is 4.74 Å². The van der Waals surface area contributed by atoms with Crippen molar-refractivity contribution in [3.8, 4) is 5.69 Å². The van der Waals surface area contributed by atoms with Gasteiger partial charge < -0.3 is 9.84 Å². The van der Waals surface area contributed by atoms with Crippen LogP contribution in [0.2, 0.25) is 0 Å². The van der Waals surface area contributed by atoms with E-state index in [0.717, 1.165) is 23.4 Å². The molecule has 0 spiro atoms. The smallest absolute Gasteiger partial charge is 0.138 e. The van der Waals surface area contributed by atoms with Crippen molar-refractivity contribution in [1.82, 2.24) is 29.8 Å². The van der Waals surface area contributed by atoms with Gasteiger partial charge >= 0.3 is 0 Å². The van der Waals surface area contributed by atoms with E-state index in [1.54, 1.807) is 17.8 Å². The average Bonchev–Trinajstić information content (AvgIpc) is 3.44. The van der Waals surface area contributed by atoms with E-state index in [1.807, 2.05) is 31.2 Å². The largest absolute Gasteiger partial charge is 0.380 e. The first kappa shape index (κ1) is 21.7. The van der Waals surface area contributed by atoms with Crippen molar-refractivity contribution in [2.45, 2.75) is 38.7 Å². The Morgan fingerprint density at radius 3 is 2.62 bits per heavy atom. The molecule has 0 aliphatic rings. The van der Waals surface area contributed by atoms with Gasteiger partial charge in [0.05, 0.1) is 31.1 Å². The lowest BCUT2D eigenvalue weighted by molar-refractivity contribution is -0.124. The number of benzene rings is 2. The number of hydrogen-bond donors (Lipinski definition) is 1. The predicted molar refractivity (Wildman–Crippen MR) is 111 cm³/mol. The van der Waals surface area contributed by atoms with Crippen LogP contribution in [0.15, 0.2) is 61.3 Å². The molecule has 0 saturated heterocycles. The molecule has 1 N–H and O–H groups in total. The van der Waals surface area contributed by atoms with E-state index in [-0.39, 0.29) is 18.7 Å². The highest BCUT2D eigenvalue weighted by Crippen LogP contribution is 2.32. The minimum absolute atomic E-state index is 0.0233. The topological polar surface area (TPSA) is 90.9 Å². The minimum Gasteiger partial charge on any atom is -0.380 e. The molecule has 4 rings (SSSR count). The van der Waals surface area contributed by atoms with Crippen molar-refractivity contribution in [3.63, 3.8) is 0 Å². The number of aliphatic hydroxyl groups is 1. The van der Waals surface area contributed by atoms with Gasteiger partial charge in [0.25, 0.3) is 0 Å². The average molecular weight is 440 g/mol. The molecule has 166 valence electrons. The zero-order valence-corrected chi connectivity index (χ0v) is 17.6. The van der Waals surface area contributed by atoms with E-state index < -0.39 is 23.3 Å². The third-order valence-corrected chi connectivity index (χ3v) is 5.26. The van der Waals surface area contributed by atoms with Crippen molar-refractivity contribution >= 4 is 0 Å². The normalized spacial score (nSPS) is 14.3. The Labute approximate surface area is 183 Å².